The molecule has 1 saturated heterocycles. The molecule has 0 radical (unpaired) electrons. The summed E-state index contributed by atoms with van der Waals surface area (Å²) in [6.07, 6.45) is 1.90. The van der Waals surface area contributed by atoms with Crippen molar-refractivity contribution in [2.75, 3.05) is 40.3 Å². The second-order valence-corrected chi connectivity index (χ2v) is 10.0. The van der Waals surface area contributed by atoms with Gasteiger partial charge in [0.2, 0.25) is 0 Å². The number of methoxy groups -OCH3 is 1. The molecular formula is C27H36N4O3. The number of amides is 1. The molecule has 4 rings (SSSR count). The largest absolute Gasteiger partial charge is 0.496 e. The molecule has 0 atom stereocenters. The van der Waals surface area contributed by atoms with Crippen LogP contribution in [0.3, 0.4) is 0 Å². The molecule has 1 N–H and O–H groups in total. The number of likely N-dealkylation sites (tertiary alicyclic amines) is 1. The molecule has 1 fully saturated rings. The molecule has 1 aromatic heterocycles. The maximum atomic E-state index is 12.2. The zero-order valence-corrected chi connectivity index (χ0v) is 20.9. The minimum Gasteiger partial charge on any atom is -0.496 e. The summed E-state index contributed by atoms with van der Waals surface area (Å²) >= 11 is 0. The number of imidazole rings is 1. The number of carbonyl (C=O) groups is 1. The molecule has 1 amide bonds. The predicted molar refractivity (Wildman–Crippen MR) is 135 cm³/mol. The van der Waals surface area contributed by atoms with Crippen LogP contribution >= 0.6 is 0 Å². The zero-order chi connectivity index (χ0) is 24.3. The highest BCUT2D eigenvalue weighted by atomic mass is 16.6. The van der Waals surface area contributed by atoms with Crippen LogP contribution in [0.1, 0.15) is 45.1 Å². The van der Waals surface area contributed by atoms with Crippen LogP contribution in [0, 0.1) is 0 Å². The fourth-order valence-electron chi connectivity index (χ4n) is 4.55. The van der Waals surface area contributed by atoms with Crippen LogP contribution in [0.25, 0.3) is 22.4 Å². The third kappa shape index (κ3) is 5.53. The number of rotatable bonds is 6. The molecular weight excluding hydrogens is 428 g/mol. The van der Waals surface area contributed by atoms with Gasteiger partial charge in [-0.2, -0.15) is 0 Å². The molecule has 3 aromatic rings. The van der Waals surface area contributed by atoms with Crippen molar-refractivity contribution in [3.8, 4) is 17.1 Å². The van der Waals surface area contributed by atoms with E-state index in [1.807, 2.05) is 45.0 Å². The molecule has 0 bridgehead atoms. The maximum Gasteiger partial charge on any atom is 0.410 e. The normalized spacial score (nSPS) is 15.4. The predicted octanol–water partition coefficient (Wildman–Crippen LogP) is 5.28. The second kappa shape index (κ2) is 10.1. The molecule has 2 aromatic carbocycles. The van der Waals surface area contributed by atoms with Gasteiger partial charge in [-0.3, -0.25) is 0 Å². The lowest BCUT2D eigenvalue weighted by Gasteiger charge is -2.33. The van der Waals surface area contributed by atoms with E-state index in [2.05, 4.69) is 28.1 Å². The minimum atomic E-state index is -0.469. The van der Waals surface area contributed by atoms with Crippen LogP contribution in [0.5, 0.6) is 5.75 Å². The monoisotopic (exact) mass is 464 g/mol. The molecule has 7 heteroatoms. The average molecular weight is 465 g/mol. The standard InChI is InChI=1S/C27H36N4O3/c1-27(2,3)34-26(32)30(4)17-18-31-15-13-19(14-16-31)20-10-8-11-22-24(20)29-25(28-22)21-9-6-7-12-23(21)33-5/h6-12,19H,13-18H2,1-5H3,(H,28,29). The molecule has 1 aliphatic rings. The Morgan fingerprint density at radius 2 is 1.88 bits per heavy atom. The summed E-state index contributed by atoms with van der Waals surface area (Å²) < 4.78 is 11.0. The highest BCUT2D eigenvalue weighted by molar-refractivity contribution is 5.84. The van der Waals surface area contributed by atoms with E-state index >= 15 is 0 Å². The molecule has 34 heavy (non-hydrogen) atoms. The Kier molecular flexibility index (Phi) is 7.12. The first kappa shape index (κ1) is 24.1. The van der Waals surface area contributed by atoms with E-state index in [0.717, 1.165) is 60.6 Å². The van der Waals surface area contributed by atoms with E-state index in [1.165, 1.54) is 5.56 Å². The van der Waals surface area contributed by atoms with E-state index in [4.69, 9.17) is 14.5 Å². The van der Waals surface area contributed by atoms with Gasteiger partial charge in [0.25, 0.3) is 0 Å². The fraction of sp³-hybridized carbons (Fsp3) is 0.481. The molecule has 2 heterocycles. The number of fused-ring (bicyclic) bond motifs is 1. The lowest BCUT2D eigenvalue weighted by atomic mass is 9.88. The summed E-state index contributed by atoms with van der Waals surface area (Å²) in [6, 6.07) is 14.4. The van der Waals surface area contributed by atoms with Crippen LogP contribution in [0.4, 0.5) is 4.79 Å². The summed E-state index contributed by atoms with van der Waals surface area (Å²) in [4.78, 5) is 24.7. The van der Waals surface area contributed by atoms with Gasteiger partial charge in [-0.15, -0.1) is 0 Å². The Labute approximate surface area is 202 Å². The first-order chi connectivity index (χ1) is 16.2. The van der Waals surface area contributed by atoms with Crippen molar-refractivity contribution in [1.82, 2.24) is 19.8 Å². The first-order valence-electron chi connectivity index (χ1n) is 12.0. The van der Waals surface area contributed by atoms with E-state index in [-0.39, 0.29) is 6.09 Å². The molecule has 182 valence electrons. The van der Waals surface area contributed by atoms with Crippen molar-refractivity contribution in [2.45, 2.75) is 45.1 Å². The highest BCUT2D eigenvalue weighted by Gasteiger charge is 2.25. The third-order valence-corrected chi connectivity index (χ3v) is 6.40. The Balaban J connectivity index is 1.40. The van der Waals surface area contributed by atoms with Gasteiger partial charge in [-0.05, 0) is 76.4 Å². The number of likely N-dealkylation sites (N-methyl/N-ethyl adjacent to an activating group) is 1. The minimum absolute atomic E-state index is 0.265. The van der Waals surface area contributed by atoms with Crippen molar-refractivity contribution in [2.24, 2.45) is 0 Å². The number of aromatic nitrogens is 2. The number of carbonyl (C=O) groups excluding carboxylic acids is 1. The maximum absolute atomic E-state index is 12.2. The van der Waals surface area contributed by atoms with E-state index in [1.54, 1.807) is 19.1 Å². The summed E-state index contributed by atoms with van der Waals surface area (Å²) in [5.41, 5.74) is 3.93. The number of para-hydroxylation sites is 2. The number of nitrogens with zero attached hydrogens (tertiary/aromatic N) is 3. The smallest absolute Gasteiger partial charge is 0.410 e. The average Bonchev–Trinajstić information content (AvgIpc) is 3.26. The van der Waals surface area contributed by atoms with E-state index in [9.17, 15) is 4.79 Å². The SMILES string of the molecule is COc1ccccc1-c1nc2cccc(C3CCN(CCN(C)C(=O)OC(C)(C)C)CC3)c2[nH]1. The quantitative estimate of drug-likeness (QED) is 0.537. The summed E-state index contributed by atoms with van der Waals surface area (Å²) in [7, 11) is 3.49. The topological polar surface area (TPSA) is 70.7 Å². The Bertz CT molecular complexity index is 1130. The van der Waals surface area contributed by atoms with Gasteiger partial charge in [0.1, 0.15) is 17.2 Å². The van der Waals surface area contributed by atoms with Gasteiger partial charge < -0.3 is 24.3 Å². The fourth-order valence-corrected chi connectivity index (χ4v) is 4.55. The number of hydrogen-bond donors (Lipinski definition) is 1. The van der Waals surface area contributed by atoms with Crippen LogP contribution in [-0.4, -0.2) is 71.8 Å². The number of ether oxygens (including phenoxy) is 2. The summed E-state index contributed by atoms with van der Waals surface area (Å²) in [6.45, 7) is 9.22. The number of hydrogen-bond acceptors (Lipinski definition) is 5. The third-order valence-electron chi connectivity index (χ3n) is 6.40. The summed E-state index contributed by atoms with van der Waals surface area (Å²) in [5, 5.41) is 0. The van der Waals surface area contributed by atoms with Crippen molar-refractivity contribution in [1.29, 1.82) is 0 Å². The van der Waals surface area contributed by atoms with Crippen molar-refractivity contribution < 1.29 is 14.3 Å². The molecule has 1 aliphatic heterocycles. The van der Waals surface area contributed by atoms with Crippen LogP contribution in [-0.2, 0) is 4.74 Å². The molecule has 0 saturated carbocycles. The Hall–Kier alpha value is -3.06. The van der Waals surface area contributed by atoms with Gasteiger partial charge in [-0.1, -0.05) is 24.3 Å². The second-order valence-electron chi connectivity index (χ2n) is 10.0. The number of piperidine rings is 1. The zero-order valence-electron chi connectivity index (χ0n) is 20.9. The van der Waals surface area contributed by atoms with Gasteiger partial charge in [0, 0.05) is 20.1 Å². The number of H-pyrrole nitrogens is 1. The Morgan fingerprint density at radius 3 is 2.59 bits per heavy atom. The van der Waals surface area contributed by atoms with Gasteiger partial charge in [0.15, 0.2) is 0 Å². The van der Waals surface area contributed by atoms with E-state index < -0.39 is 5.60 Å². The lowest BCUT2D eigenvalue weighted by molar-refractivity contribution is 0.0278. The summed E-state index contributed by atoms with van der Waals surface area (Å²) in [5.74, 6) is 2.13. The van der Waals surface area contributed by atoms with Gasteiger partial charge in [-0.25, -0.2) is 9.78 Å². The van der Waals surface area contributed by atoms with E-state index in [0.29, 0.717) is 12.5 Å². The number of aromatic amines is 1. The Morgan fingerprint density at radius 1 is 1.15 bits per heavy atom. The van der Waals surface area contributed by atoms with Crippen LogP contribution in [0.15, 0.2) is 42.5 Å². The number of benzene rings is 2. The molecule has 7 nitrogen and oxygen atoms in total. The van der Waals surface area contributed by atoms with Crippen LogP contribution < -0.4 is 4.74 Å². The first-order valence-corrected chi connectivity index (χ1v) is 12.0. The van der Waals surface area contributed by atoms with Gasteiger partial charge >= 0.3 is 6.09 Å². The molecule has 0 unspecified atom stereocenters. The van der Waals surface area contributed by atoms with Crippen molar-refractivity contribution in [3.05, 3.63) is 48.0 Å². The van der Waals surface area contributed by atoms with Crippen molar-refractivity contribution >= 4 is 17.1 Å². The van der Waals surface area contributed by atoms with Crippen LogP contribution in [0.2, 0.25) is 0 Å². The molecule has 0 aliphatic carbocycles. The highest BCUT2D eigenvalue weighted by Crippen LogP contribution is 2.35. The molecule has 0 spiro atoms. The van der Waals surface area contributed by atoms with Gasteiger partial charge in [0.05, 0.1) is 23.7 Å². The number of nitrogens with one attached hydrogen (secondary N) is 1. The lowest BCUT2D eigenvalue weighted by Crippen LogP contribution is -2.41. The van der Waals surface area contributed by atoms with Crippen molar-refractivity contribution in [3.63, 3.8) is 0 Å².